The molecule has 1 unspecified atom stereocenters. The summed E-state index contributed by atoms with van der Waals surface area (Å²) in [5.41, 5.74) is 1.99. The molecule has 2 aromatic rings. The van der Waals surface area contributed by atoms with Crippen LogP contribution < -0.4 is 4.90 Å². The van der Waals surface area contributed by atoms with E-state index in [4.69, 9.17) is 0 Å². The number of imidazole rings is 1. The number of nitrogens with zero attached hydrogens (tertiary/aromatic N) is 3. The first-order chi connectivity index (χ1) is 9.72. The van der Waals surface area contributed by atoms with Crippen molar-refractivity contribution in [3.63, 3.8) is 0 Å². The number of carboxylic acids is 1. The van der Waals surface area contributed by atoms with Gasteiger partial charge in [-0.2, -0.15) is 0 Å². The quantitative estimate of drug-likeness (QED) is 0.928. The lowest BCUT2D eigenvalue weighted by Gasteiger charge is -2.35. The van der Waals surface area contributed by atoms with Gasteiger partial charge in [-0.3, -0.25) is 0 Å². The van der Waals surface area contributed by atoms with Gasteiger partial charge in [0.2, 0.25) is 5.95 Å². The second-order valence-electron chi connectivity index (χ2n) is 4.90. The summed E-state index contributed by atoms with van der Waals surface area (Å²) in [6.07, 6.45) is 4.45. The zero-order chi connectivity index (χ0) is 14.1. The molecule has 20 heavy (non-hydrogen) atoms. The molecular formula is C15H17N3O2. The van der Waals surface area contributed by atoms with Gasteiger partial charge in [-0.1, -0.05) is 24.3 Å². The maximum atomic E-state index is 11.7. The van der Waals surface area contributed by atoms with Crippen molar-refractivity contribution in [3.8, 4) is 0 Å². The Morgan fingerprint density at radius 1 is 1.45 bits per heavy atom. The monoisotopic (exact) mass is 271 g/mol. The first kappa shape index (κ1) is 12.7. The van der Waals surface area contributed by atoms with Gasteiger partial charge in [0, 0.05) is 25.5 Å². The van der Waals surface area contributed by atoms with Gasteiger partial charge in [0.1, 0.15) is 0 Å². The zero-order valence-corrected chi connectivity index (χ0v) is 11.4. The number of hydrogen-bond acceptors (Lipinski definition) is 3. The van der Waals surface area contributed by atoms with E-state index < -0.39 is 12.0 Å². The van der Waals surface area contributed by atoms with Crippen molar-refractivity contribution in [1.29, 1.82) is 0 Å². The van der Waals surface area contributed by atoms with Gasteiger partial charge in [0.25, 0.3) is 0 Å². The van der Waals surface area contributed by atoms with Gasteiger partial charge in [0.05, 0.1) is 0 Å². The Kier molecular flexibility index (Phi) is 3.18. The Morgan fingerprint density at radius 3 is 3.00 bits per heavy atom. The van der Waals surface area contributed by atoms with Crippen molar-refractivity contribution in [2.75, 3.05) is 11.4 Å². The number of hydrogen-bond donors (Lipinski definition) is 1. The average Bonchev–Trinajstić information content (AvgIpc) is 2.94. The smallest absolute Gasteiger partial charge is 0.331 e. The van der Waals surface area contributed by atoms with Crippen LogP contribution in [0, 0.1) is 0 Å². The van der Waals surface area contributed by atoms with E-state index in [0.717, 1.165) is 30.0 Å². The van der Waals surface area contributed by atoms with Gasteiger partial charge >= 0.3 is 5.97 Å². The summed E-state index contributed by atoms with van der Waals surface area (Å²) in [4.78, 5) is 18.0. The molecular weight excluding hydrogens is 254 g/mol. The highest BCUT2D eigenvalue weighted by Crippen LogP contribution is 2.33. The Morgan fingerprint density at radius 2 is 2.25 bits per heavy atom. The number of fused-ring (bicyclic) bond motifs is 1. The summed E-state index contributed by atoms with van der Waals surface area (Å²) >= 11 is 0. The Bertz CT molecular complexity index is 636. The van der Waals surface area contributed by atoms with Gasteiger partial charge in [-0.05, 0) is 24.5 Å². The van der Waals surface area contributed by atoms with Crippen molar-refractivity contribution < 1.29 is 9.90 Å². The minimum atomic E-state index is -0.831. The van der Waals surface area contributed by atoms with Crippen LogP contribution in [0.1, 0.15) is 24.1 Å². The average molecular weight is 271 g/mol. The first-order valence-electron chi connectivity index (χ1n) is 6.80. The second-order valence-corrected chi connectivity index (χ2v) is 4.90. The molecule has 0 amide bonds. The SMILES string of the molecule is CCn1ccnc1N1CCc2ccccc2C1C(=O)O. The third-order valence-corrected chi connectivity index (χ3v) is 3.81. The summed E-state index contributed by atoms with van der Waals surface area (Å²) in [7, 11) is 0. The second kappa shape index (κ2) is 5.00. The number of benzene rings is 1. The molecule has 5 heteroatoms. The van der Waals surface area contributed by atoms with E-state index in [1.54, 1.807) is 6.20 Å². The molecule has 1 N–H and O–H groups in total. The molecule has 0 bridgehead atoms. The topological polar surface area (TPSA) is 58.4 Å². The third kappa shape index (κ3) is 1.95. The highest BCUT2D eigenvalue weighted by Gasteiger charge is 2.34. The largest absolute Gasteiger partial charge is 0.479 e. The van der Waals surface area contributed by atoms with Gasteiger partial charge in [-0.25, -0.2) is 9.78 Å². The lowest BCUT2D eigenvalue weighted by molar-refractivity contribution is -0.139. The van der Waals surface area contributed by atoms with Crippen LogP contribution in [-0.4, -0.2) is 27.2 Å². The van der Waals surface area contributed by atoms with E-state index in [1.807, 2.05) is 46.9 Å². The number of aliphatic carboxylic acids is 1. The number of rotatable bonds is 3. The van der Waals surface area contributed by atoms with Gasteiger partial charge < -0.3 is 14.6 Å². The normalized spacial score (nSPS) is 17.9. The molecule has 1 aliphatic rings. The fourth-order valence-electron chi connectivity index (χ4n) is 2.86. The van der Waals surface area contributed by atoms with E-state index in [-0.39, 0.29) is 0 Å². The van der Waals surface area contributed by atoms with Crippen molar-refractivity contribution in [2.24, 2.45) is 0 Å². The predicted octanol–water partition coefficient (Wildman–Crippen LogP) is 2.09. The predicted molar refractivity (Wildman–Crippen MR) is 75.8 cm³/mol. The summed E-state index contributed by atoms with van der Waals surface area (Å²) < 4.78 is 1.98. The highest BCUT2D eigenvalue weighted by molar-refractivity contribution is 5.80. The standard InChI is InChI=1S/C15H17N3O2/c1-2-17-10-8-16-15(17)18-9-7-11-5-3-4-6-12(11)13(18)14(19)20/h3-6,8,10,13H,2,7,9H2,1H3,(H,19,20). The van der Waals surface area contributed by atoms with Crippen LogP contribution in [0.25, 0.3) is 0 Å². The molecule has 1 atom stereocenters. The number of carbonyl (C=O) groups is 1. The highest BCUT2D eigenvalue weighted by atomic mass is 16.4. The molecule has 3 rings (SSSR count). The Balaban J connectivity index is 2.07. The summed E-state index contributed by atoms with van der Waals surface area (Å²) in [5, 5.41) is 9.64. The number of aromatic nitrogens is 2. The molecule has 0 spiro atoms. The van der Waals surface area contributed by atoms with Crippen molar-refractivity contribution in [3.05, 3.63) is 47.8 Å². The van der Waals surface area contributed by atoms with Crippen LogP contribution in [-0.2, 0) is 17.8 Å². The molecule has 5 nitrogen and oxygen atoms in total. The minimum absolute atomic E-state index is 0.660. The molecule has 0 aliphatic carbocycles. The molecule has 0 radical (unpaired) electrons. The lowest BCUT2D eigenvalue weighted by Crippen LogP contribution is -2.41. The van der Waals surface area contributed by atoms with Crippen LogP contribution in [0.5, 0.6) is 0 Å². The molecule has 1 aromatic heterocycles. The Labute approximate surface area is 117 Å². The van der Waals surface area contributed by atoms with Crippen LogP contribution in [0.2, 0.25) is 0 Å². The van der Waals surface area contributed by atoms with Crippen molar-refractivity contribution in [1.82, 2.24) is 9.55 Å². The van der Waals surface area contributed by atoms with Gasteiger partial charge in [-0.15, -0.1) is 0 Å². The summed E-state index contributed by atoms with van der Waals surface area (Å²) in [6.45, 7) is 3.48. The van der Waals surface area contributed by atoms with Crippen molar-refractivity contribution in [2.45, 2.75) is 25.9 Å². The molecule has 0 saturated carbocycles. The fourth-order valence-corrected chi connectivity index (χ4v) is 2.86. The van der Waals surface area contributed by atoms with Crippen LogP contribution in [0.15, 0.2) is 36.7 Å². The van der Waals surface area contributed by atoms with Crippen LogP contribution in [0.3, 0.4) is 0 Å². The third-order valence-electron chi connectivity index (χ3n) is 3.81. The summed E-state index contributed by atoms with van der Waals surface area (Å²) in [5.74, 6) is -0.0998. The summed E-state index contributed by atoms with van der Waals surface area (Å²) in [6, 6.07) is 7.10. The maximum absolute atomic E-state index is 11.7. The van der Waals surface area contributed by atoms with Crippen LogP contribution >= 0.6 is 0 Å². The number of carboxylic acid groups (broad SMARTS) is 1. The van der Waals surface area contributed by atoms with E-state index in [9.17, 15) is 9.90 Å². The van der Waals surface area contributed by atoms with E-state index in [1.165, 1.54) is 0 Å². The molecule has 1 aromatic carbocycles. The molecule has 104 valence electrons. The zero-order valence-electron chi connectivity index (χ0n) is 11.4. The minimum Gasteiger partial charge on any atom is -0.479 e. The Hall–Kier alpha value is -2.30. The molecule has 2 heterocycles. The molecule has 1 aliphatic heterocycles. The number of aryl methyl sites for hydroxylation is 1. The fraction of sp³-hybridized carbons (Fsp3) is 0.333. The van der Waals surface area contributed by atoms with Crippen LogP contribution in [0.4, 0.5) is 5.95 Å². The number of anilines is 1. The lowest BCUT2D eigenvalue weighted by atomic mass is 9.93. The van der Waals surface area contributed by atoms with E-state index >= 15 is 0 Å². The first-order valence-corrected chi connectivity index (χ1v) is 6.80. The molecule has 0 fully saturated rings. The van der Waals surface area contributed by atoms with E-state index in [0.29, 0.717) is 6.54 Å². The maximum Gasteiger partial charge on any atom is 0.331 e. The van der Waals surface area contributed by atoms with Crippen molar-refractivity contribution >= 4 is 11.9 Å². The van der Waals surface area contributed by atoms with Gasteiger partial charge in [0.15, 0.2) is 6.04 Å². The van der Waals surface area contributed by atoms with E-state index in [2.05, 4.69) is 4.98 Å². The molecule has 0 saturated heterocycles.